The zero-order chi connectivity index (χ0) is 13.8. The highest BCUT2D eigenvalue weighted by molar-refractivity contribution is 5.78. The number of ether oxygens (including phenoxy) is 1. The third kappa shape index (κ3) is 4.64. The van der Waals surface area contributed by atoms with Gasteiger partial charge in [-0.3, -0.25) is 9.59 Å². The van der Waals surface area contributed by atoms with Crippen molar-refractivity contribution in [3.63, 3.8) is 0 Å². The van der Waals surface area contributed by atoms with E-state index in [-0.39, 0.29) is 30.9 Å². The summed E-state index contributed by atoms with van der Waals surface area (Å²) in [6.45, 7) is 3.59. The molecule has 0 aromatic heterocycles. The Morgan fingerprint density at radius 1 is 1.33 bits per heavy atom. The van der Waals surface area contributed by atoms with Crippen molar-refractivity contribution in [2.75, 3.05) is 7.11 Å². The molecule has 2 atom stereocenters. The van der Waals surface area contributed by atoms with Crippen LogP contribution in [-0.2, 0) is 14.3 Å². The van der Waals surface area contributed by atoms with E-state index in [4.69, 9.17) is 9.84 Å². The molecule has 2 unspecified atom stereocenters. The van der Waals surface area contributed by atoms with Gasteiger partial charge in [-0.15, -0.1) is 0 Å². The second-order valence-corrected chi connectivity index (χ2v) is 5.79. The van der Waals surface area contributed by atoms with Gasteiger partial charge < -0.3 is 15.2 Å². The number of hydrogen-bond acceptors (Lipinski definition) is 3. The maximum absolute atomic E-state index is 11.9. The van der Waals surface area contributed by atoms with Crippen molar-refractivity contribution < 1.29 is 19.4 Å². The van der Waals surface area contributed by atoms with Crippen LogP contribution >= 0.6 is 0 Å². The monoisotopic (exact) mass is 257 g/mol. The van der Waals surface area contributed by atoms with Crippen molar-refractivity contribution in [1.29, 1.82) is 0 Å². The Bertz CT molecular complexity index is 314. The van der Waals surface area contributed by atoms with Gasteiger partial charge >= 0.3 is 5.97 Å². The fourth-order valence-corrected chi connectivity index (χ4v) is 2.54. The van der Waals surface area contributed by atoms with E-state index in [0.717, 1.165) is 19.3 Å². The molecule has 0 aromatic rings. The number of hydrogen-bond donors (Lipinski definition) is 2. The molecule has 0 aliphatic heterocycles. The molecule has 1 aliphatic carbocycles. The lowest BCUT2D eigenvalue weighted by Gasteiger charge is -2.24. The Kier molecular flexibility index (Phi) is 5.14. The third-order valence-electron chi connectivity index (χ3n) is 3.37. The van der Waals surface area contributed by atoms with Crippen molar-refractivity contribution >= 4 is 11.9 Å². The van der Waals surface area contributed by atoms with Gasteiger partial charge in [-0.2, -0.15) is 0 Å². The van der Waals surface area contributed by atoms with E-state index < -0.39 is 11.4 Å². The largest absolute Gasteiger partial charge is 0.481 e. The molecule has 5 heteroatoms. The molecule has 0 spiro atoms. The molecule has 0 heterocycles. The Hall–Kier alpha value is -1.10. The number of carboxylic acids is 1. The summed E-state index contributed by atoms with van der Waals surface area (Å²) in [7, 11) is 1.66. The van der Waals surface area contributed by atoms with E-state index in [2.05, 4.69) is 5.32 Å². The summed E-state index contributed by atoms with van der Waals surface area (Å²) in [4.78, 5) is 22.6. The smallest absolute Gasteiger partial charge is 0.303 e. The number of carboxylic acid groups (broad SMARTS) is 1. The second-order valence-electron chi connectivity index (χ2n) is 5.79. The van der Waals surface area contributed by atoms with Crippen LogP contribution in [0.2, 0.25) is 0 Å². The van der Waals surface area contributed by atoms with E-state index in [9.17, 15) is 9.59 Å². The zero-order valence-electron chi connectivity index (χ0n) is 11.4. The van der Waals surface area contributed by atoms with Gasteiger partial charge in [0.25, 0.3) is 0 Å². The van der Waals surface area contributed by atoms with Gasteiger partial charge in [-0.1, -0.05) is 13.8 Å². The minimum atomic E-state index is -0.872. The summed E-state index contributed by atoms with van der Waals surface area (Å²) in [5.41, 5.74) is -0.517. The first-order valence-electron chi connectivity index (χ1n) is 6.38. The van der Waals surface area contributed by atoms with Gasteiger partial charge in [0.2, 0.25) is 5.91 Å². The van der Waals surface area contributed by atoms with Crippen molar-refractivity contribution in [1.82, 2.24) is 5.32 Å². The Morgan fingerprint density at radius 3 is 2.56 bits per heavy atom. The summed E-state index contributed by atoms with van der Waals surface area (Å²) in [5.74, 6) is -0.960. The van der Waals surface area contributed by atoms with Crippen LogP contribution in [-0.4, -0.2) is 36.2 Å². The molecule has 0 bridgehead atoms. The van der Waals surface area contributed by atoms with Crippen molar-refractivity contribution in [3.8, 4) is 0 Å². The molecule has 18 heavy (non-hydrogen) atoms. The highest BCUT2D eigenvalue weighted by Gasteiger charge is 2.31. The Balaban J connectivity index is 2.43. The Morgan fingerprint density at radius 2 is 2.00 bits per heavy atom. The summed E-state index contributed by atoms with van der Waals surface area (Å²) in [6, 6.07) is 0.0723. The fraction of sp³-hybridized carbons (Fsp3) is 0.846. The molecule has 2 N–H and O–H groups in total. The molecular weight excluding hydrogens is 234 g/mol. The predicted octanol–water partition coefficient (Wildman–Crippen LogP) is 1.56. The minimum absolute atomic E-state index is 0.00120. The van der Waals surface area contributed by atoms with Gasteiger partial charge in [-0.05, 0) is 24.7 Å². The molecule has 0 radical (unpaired) electrons. The lowest BCUT2D eigenvalue weighted by atomic mass is 9.85. The first-order valence-corrected chi connectivity index (χ1v) is 6.38. The topological polar surface area (TPSA) is 75.6 Å². The molecule has 1 fully saturated rings. The molecule has 104 valence electrons. The number of methoxy groups -OCH3 is 1. The van der Waals surface area contributed by atoms with Crippen LogP contribution < -0.4 is 5.32 Å². The fourth-order valence-electron chi connectivity index (χ4n) is 2.54. The predicted molar refractivity (Wildman–Crippen MR) is 67.2 cm³/mol. The van der Waals surface area contributed by atoms with Crippen LogP contribution in [0.3, 0.4) is 0 Å². The first-order chi connectivity index (χ1) is 8.34. The second kappa shape index (κ2) is 6.18. The summed E-state index contributed by atoms with van der Waals surface area (Å²) in [6.07, 6.45) is 3.29. The highest BCUT2D eigenvalue weighted by Crippen LogP contribution is 2.26. The zero-order valence-corrected chi connectivity index (χ0v) is 11.4. The quantitative estimate of drug-likeness (QED) is 0.757. The molecule has 0 saturated heterocycles. The molecule has 1 saturated carbocycles. The van der Waals surface area contributed by atoms with Crippen molar-refractivity contribution in [2.45, 2.75) is 58.1 Å². The number of amides is 1. The van der Waals surface area contributed by atoms with Gasteiger partial charge in [-0.25, -0.2) is 0 Å². The number of aliphatic carboxylic acids is 1. The van der Waals surface area contributed by atoms with E-state index in [1.807, 2.05) is 0 Å². The maximum Gasteiger partial charge on any atom is 0.303 e. The summed E-state index contributed by atoms with van der Waals surface area (Å²) >= 11 is 0. The average molecular weight is 257 g/mol. The van der Waals surface area contributed by atoms with Crippen LogP contribution in [0.15, 0.2) is 0 Å². The summed E-state index contributed by atoms with van der Waals surface area (Å²) < 4.78 is 5.31. The summed E-state index contributed by atoms with van der Waals surface area (Å²) in [5, 5.41) is 11.7. The number of rotatable bonds is 6. The normalized spacial score (nSPS) is 23.9. The average Bonchev–Trinajstić information content (AvgIpc) is 2.61. The first kappa shape index (κ1) is 15.0. The van der Waals surface area contributed by atoms with Gasteiger partial charge in [0.15, 0.2) is 0 Å². The van der Waals surface area contributed by atoms with Gasteiger partial charge in [0.1, 0.15) is 0 Å². The van der Waals surface area contributed by atoms with Crippen molar-refractivity contribution in [3.05, 3.63) is 0 Å². The standard InChI is InChI=1S/C13H23NO4/c1-13(2,8-12(16)17)7-11(15)14-9-5-4-6-10(9)18-3/h9-10H,4-8H2,1-3H3,(H,14,15)(H,16,17). The van der Waals surface area contributed by atoms with Crippen molar-refractivity contribution in [2.24, 2.45) is 5.41 Å². The maximum atomic E-state index is 11.9. The van der Waals surface area contributed by atoms with E-state index in [1.54, 1.807) is 21.0 Å². The van der Waals surface area contributed by atoms with Crippen LogP contribution in [0.4, 0.5) is 0 Å². The van der Waals surface area contributed by atoms with E-state index in [0.29, 0.717) is 0 Å². The molecule has 1 aliphatic rings. The van der Waals surface area contributed by atoms with Crippen LogP contribution in [0, 0.1) is 5.41 Å². The van der Waals surface area contributed by atoms with Crippen LogP contribution in [0.5, 0.6) is 0 Å². The van der Waals surface area contributed by atoms with E-state index in [1.165, 1.54) is 0 Å². The number of carbonyl (C=O) groups excluding carboxylic acids is 1. The molecule has 5 nitrogen and oxygen atoms in total. The van der Waals surface area contributed by atoms with E-state index >= 15 is 0 Å². The van der Waals surface area contributed by atoms with Crippen LogP contribution in [0.1, 0.15) is 46.0 Å². The molecule has 1 amide bonds. The third-order valence-corrected chi connectivity index (χ3v) is 3.37. The SMILES string of the molecule is COC1CCCC1NC(=O)CC(C)(C)CC(=O)O. The van der Waals surface area contributed by atoms with Crippen LogP contribution in [0.25, 0.3) is 0 Å². The molecule has 0 aromatic carbocycles. The number of carbonyl (C=O) groups is 2. The highest BCUT2D eigenvalue weighted by atomic mass is 16.5. The molecule has 1 rings (SSSR count). The van der Waals surface area contributed by atoms with Gasteiger partial charge in [0.05, 0.1) is 18.6 Å². The lowest BCUT2D eigenvalue weighted by molar-refractivity contribution is -0.139. The minimum Gasteiger partial charge on any atom is -0.481 e. The van der Waals surface area contributed by atoms with Gasteiger partial charge in [0, 0.05) is 13.5 Å². The number of nitrogens with one attached hydrogen (secondary N) is 1. The Labute approximate surface area is 108 Å². The molecular formula is C13H23NO4. The lowest BCUT2D eigenvalue weighted by Crippen LogP contribution is -2.42.